The van der Waals surface area contributed by atoms with Crippen LogP contribution in [0.4, 0.5) is 0 Å². The molecular weight excluding hydrogens is 366 g/mol. The molecule has 0 radical (unpaired) electrons. The lowest BCUT2D eigenvalue weighted by molar-refractivity contribution is -0.124. The fourth-order valence-corrected chi connectivity index (χ4v) is 3.38. The molecule has 1 N–H and O–H groups in total. The summed E-state index contributed by atoms with van der Waals surface area (Å²) in [5.74, 6) is 1.44. The second-order valence-corrected chi connectivity index (χ2v) is 6.91. The molecule has 0 aliphatic heterocycles. The van der Waals surface area contributed by atoms with Gasteiger partial charge in [-0.15, -0.1) is 0 Å². The van der Waals surface area contributed by atoms with Crippen LogP contribution < -0.4 is 14.8 Å². The Morgan fingerprint density at radius 3 is 2.59 bits per heavy atom. The Morgan fingerprint density at radius 1 is 1.10 bits per heavy atom. The van der Waals surface area contributed by atoms with E-state index >= 15 is 0 Å². The summed E-state index contributed by atoms with van der Waals surface area (Å²) < 4.78 is 13.1. The van der Waals surface area contributed by atoms with Gasteiger partial charge in [0.15, 0.2) is 11.5 Å². The molecule has 1 aromatic heterocycles. The van der Waals surface area contributed by atoms with E-state index in [1.165, 1.54) is 0 Å². The van der Waals surface area contributed by atoms with Gasteiger partial charge in [-0.1, -0.05) is 24.3 Å². The highest BCUT2D eigenvalue weighted by atomic mass is 16.5. The van der Waals surface area contributed by atoms with Crippen molar-refractivity contribution >= 4 is 16.8 Å². The standard InChI is InChI=1S/C23H29N3O3/c1-5-28-21-12-11-18(15-22(21)29-6-2)13-14-24-23(27)17(4)26-20-10-8-7-9-19(20)16(3)25-26/h7-12,15,17H,5-6,13-14H2,1-4H3,(H,24,27). The lowest BCUT2D eigenvalue weighted by atomic mass is 10.1. The number of nitrogens with one attached hydrogen (secondary N) is 1. The quantitative estimate of drug-likeness (QED) is 0.593. The van der Waals surface area contributed by atoms with Gasteiger partial charge in [0.1, 0.15) is 6.04 Å². The van der Waals surface area contributed by atoms with E-state index in [-0.39, 0.29) is 11.9 Å². The van der Waals surface area contributed by atoms with Crippen LogP contribution >= 0.6 is 0 Å². The lowest BCUT2D eigenvalue weighted by Gasteiger charge is -2.15. The Kier molecular flexibility index (Phi) is 6.75. The lowest BCUT2D eigenvalue weighted by Crippen LogP contribution is -2.32. The van der Waals surface area contributed by atoms with Gasteiger partial charge in [0.25, 0.3) is 0 Å². The summed E-state index contributed by atoms with van der Waals surface area (Å²) in [7, 11) is 0. The van der Waals surface area contributed by atoms with Crippen molar-refractivity contribution in [2.24, 2.45) is 0 Å². The highest BCUT2D eigenvalue weighted by Crippen LogP contribution is 2.28. The van der Waals surface area contributed by atoms with Gasteiger partial charge in [0.2, 0.25) is 5.91 Å². The number of aromatic nitrogens is 2. The number of fused-ring (bicyclic) bond motifs is 1. The molecule has 3 rings (SSSR count). The third kappa shape index (κ3) is 4.70. The van der Waals surface area contributed by atoms with Gasteiger partial charge in [-0.3, -0.25) is 9.48 Å². The first-order chi connectivity index (χ1) is 14.0. The van der Waals surface area contributed by atoms with Crippen molar-refractivity contribution in [1.82, 2.24) is 15.1 Å². The zero-order valence-corrected chi connectivity index (χ0v) is 17.6. The highest BCUT2D eigenvalue weighted by molar-refractivity contribution is 5.86. The predicted octanol–water partition coefficient (Wildman–Crippen LogP) is 4.06. The van der Waals surface area contributed by atoms with E-state index in [0.717, 1.165) is 33.7 Å². The van der Waals surface area contributed by atoms with Crippen LogP contribution in [0.3, 0.4) is 0 Å². The molecule has 1 heterocycles. The molecule has 0 saturated heterocycles. The van der Waals surface area contributed by atoms with Gasteiger partial charge in [0.05, 0.1) is 24.4 Å². The summed E-state index contributed by atoms with van der Waals surface area (Å²) in [6, 6.07) is 13.5. The van der Waals surface area contributed by atoms with Crippen molar-refractivity contribution < 1.29 is 14.3 Å². The molecule has 0 aliphatic carbocycles. The third-order valence-corrected chi connectivity index (χ3v) is 4.87. The third-order valence-electron chi connectivity index (χ3n) is 4.87. The molecule has 0 spiro atoms. The number of para-hydroxylation sites is 1. The SMILES string of the molecule is CCOc1ccc(CCNC(=O)C(C)n2nc(C)c3ccccc32)cc1OCC. The van der Waals surface area contributed by atoms with Crippen molar-refractivity contribution in [3.8, 4) is 11.5 Å². The second-order valence-electron chi connectivity index (χ2n) is 6.91. The van der Waals surface area contributed by atoms with E-state index in [4.69, 9.17) is 9.47 Å². The zero-order chi connectivity index (χ0) is 20.8. The molecular formula is C23H29N3O3. The zero-order valence-electron chi connectivity index (χ0n) is 17.6. The first-order valence-corrected chi connectivity index (χ1v) is 10.1. The molecule has 6 nitrogen and oxygen atoms in total. The average molecular weight is 396 g/mol. The van der Waals surface area contributed by atoms with Crippen LogP contribution in [0.25, 0.3) is 10.9 Å². The van der Waals surface area contributed by atoms with Crippen molar-refractivity contribution in [3.63, 3.8) is 0 Å². The number of hydrogen-bond acceptors (Lipinski definition) is 4. The predicted molar refractivity (Wildman–Crippen MR) is 115 cm³/mol. The van der Waals surface area contributed by atoms with Crippen molar-refractivity contribution in [2.45, 2.75) is 40.2 Å². The average Bonchev–Trinajstić information content (AvgIpc) is 3.06. The molecule has 154 valence electrons. The van der Waals surface area contributed by atoms with Gasteiger partial charge in [0, 0.05) is 11.9 Å². The van der Waals surface area contributed by atoms with Gasteiger partial charge >= 0.3 is 0 Å². The molecule has 1 amide bonds. The van der Waals surface area contributed by atoms with Gasteiger partial charge in [-0.25, -0.2) is 0 Å². The summed E-state index contributed by atoms with van der Waals surface area (Å²) in [5.41, 5.74) is 2.99. The molecule has 3 aromatic rings. The Bertz CT molecular complexity index is 981. The van der Waals surface area contributed by atoms with E-state index in [1.54, 1.807) is 4.68 Å². The molecule has 1 unspecified atom stereocenters. The Balaban J connectivity index is 1.62. The first-order valence-electron chi connectivity index (χ1n) is 10.1. The number of hydrogen-bond donors (Lipinski definition) is 1. The van der Waals surface area contributed by atoms with E-state index in [9.17, 15) is 4.79 Å². The molecule has 0 fully saturated rings. The van der Waals surface area contributed by atoms with Crippen LogP contribution in [0, 0.1) is 6.92 Å². The summed E-state index contributed by atoms with van der Waals surface area (Å²) in [6.45, 7) is 9.45. The number of rotatable bonds is 9. The second kappa shape index (κ2) is 9.45. The Labute approximate surface area is 171 Å². The highest BCUT2D eigenvalue weighted by Gasteiger charge is 2.19. The van der Waals surface area contributed by atoms with Crippen LogP contribution in [0.15, 0.2) is 42.5 Å². The van der Waals surface area contributed by atoms with E-state index in [0.29, 0.717) is 26.2 Å². The van der Waals surface area contributed by atoms with Gasteiger partial charge < -0.3 is 14.8 Å². The number of ether oxygens (including phenoxy) is 2. The van der Waals surface area contributed by atoms with Crippen LogP contribution in [0.1, 0.15) is 38.1 Å². The molecule has 0 aliphatic rings. The minimum absolute atomic E-state index is 0.0470. The number of amides is 1. The normalized spacial score (nSPS) is 12.0. The maximum Gasteiger partial charge on any atom is 0.244 e. The fraction of sp³-hybridized carbons (Fsp3) is 0.391. The molecule has 29 heavy (non-hydrogen) atoms. The minimum atomic E-state index is -0.382. The topological polar surface area (TPSA) is 65.4 Å². The van der Waals surface area contributed by atoms with Crippen molar-refractivity contribution in [3.05, 3.63) is 53.7 Å². The number of carbonyl (C=O) groups excluding carboxylic acids is 1. The largest absolute Gasteiger partial charge is 0.490 e. The molecule has 1 atom stereocenters. The van der Waals surface area contributed by atoms with Crippen LogP contribution in [-0.4, -0.2) is 35.4 Å². The van der Waals surface area contributed by atoms with E-state index in [1.807, 2.05) is 70.2 Å². The van der Waals surface area contributed by atoms with Gasteiger partial charge in [-0.05, 0) is 57.9 Å². The first kappa shape index (κ1) is 20.7. The number of benzene rings is 2. The minimum Gasteiger partial charge on any atom is -0.490 e. The fourth-order valence-electron chi connectivity index (χ4n) is 3.38. The van der Waals surface area contributed by atoms with Crippen LogP contribution in [-0.2, 0) is 11.2 Å². The van der Waals surface area contributed by atoms with E-state index in [2.05, 4.69) is 10.4 Å². The smallest absolute Gasteiger partial charge is 0.244 e. The Morgan fingerprint density at radius 2 is 1.83 bits per heavy atom. The summed E-state index contributed by atoms with van der Waals surface area (Å²) in [6.07, 6.45) is 0.712. The van der Waals surface area contributed by atoms with Crippen LogP contribution in [0.5, 0.6) is 11.5 Å². The molecule has 2 aromatic carbocycles. The number of nitrogens with zero attached hydrogens (tertiary/aromatic N) is 2. The monoisotopic (exact) mass is 395 g/mol. The van der Waals surface area contributed by atoms with Gasteiger partial charge in [-0.2, -0.15) is 5.10 Å². The van der Waals surface area contributed by atoms with Crippen molar-refractivity contribution in [1.29, 1.82) is 0 Å². The Hall–Kier alpha value is -3.02. The summed E-state index contributed by atoms with van der Waals surface area (Å²) in [5, 5.41) is 8.66. The molecule has 0 bridgehead atoms. The van der Waals surface area contributed by atoms with E-state index < -0.39 is 0 Å². The summed E-state index contributed by atoms with van der Waals surface area (Å²) in [4.78, 5) is 12.7. The maximum absolute atomic E-state index is 12.7. The number of carbonyl (C=O) groups is 1. The number of aryl methyl sites for hydroxylation is 1. The van der Waals surface area contributed by atoms with Crippen molar-refractivity contribution in [2.75, 3.05) is 19.8 Å². The molecule has 0 saturated carbocycles. The maximum atomic E-state index is 12.7. The summed E-state index contributed by atoms with van der Waals surface area (Å²) >= 11 is 0. The molecule has 6 heteroatoms. The van der Waals surface area contributed by atoms with Crippen LogP contribution in [0.2, 0.25) is 0 Å².